The number of anilines is 2. The molecule has 0 radical (unpaired) electrons. The maximum atomic E-state index is 13.7. The van der Waals surface area contributed by atoms with E-state index in [0.717, 1.165) is 22.3 Å². The summed E-state index contributed by atoms with van der Waals surface area (Å²) < 4.78 is 79.2. The van der Waals surface area contributed by atoms with Gasteiger partial charge in [-0.15, -0.1) is 0 Å². The number of nitrogens with zero attached hydrogens (tertiary/aromatic N) is 2. The van der Waals surface area contributed by atoms with E-state index in [0.29, 0.717) is 38.3 Å². The van der Waals surface area contributed by atoms with Gasteiger partial charge in [0, 0.05) is 38.3 Å². The van der Waals surface area contributed by atoms with Crippen LogP contribution in [0.15, 0.2) is 58.4 Å². The topological polar surface area (TPSA) is 88.5 Å². The Bertz CT molecular complexity index is 1580. The predicted octanol–water partition coefficient (Wildman–Crippen LogP) is 5.36. The van der Waals surface area contributed by atoms with Crippen molar-refractivity contribution in [1.82, 2.24) is 9.47 Å². The second-order valence-electron chi connectivity index (χ2n) is 9.37. The fourth-order valence-electron chi connectivity index (χ4n) is 4.60. The van der Waals surface area contributed by atoms with Gasteiger partial charge < -0.3 is 14.8 Å². The number of likely N-dealkylation sites (tertiary alicyclic amines) is 1. The zero-order chi connectivity index (χ0) is 28.7. The Labute approximate surface area is 226 Å². The third kappa shape index (κ3) is 6.11. The molecule has 0 unspecified atom stereocenters. The van der Waals surface area contributed by atoms with Gasteiger partial charge in [-0.25, -0.2) is 12.8 Å². The highest BCUT2D eigenvalue weighted by atomic mass is 35.5. The molecule has 0 spiro atoms. The number of piperidine rings is 1. The normalized spacial score (nSPS) is 14.9. The summed E-state index contributed by atoms with van der Waals surface area (Å²) in [6.45, 7) is 0.699. The predicted molar refractivity (Wildman–Crippen MR) is 139 cm³/mol. The lowest BCUT2D eigenvalue weighted by molar-refractivity contribution is -0.139. The van der Waals surface area contributed by atoms with E-state index in [-0.39, 0.29) is 28.7 Å². The van der Waals surface area contributed by atoms with Crippen molar-refractivity contribution in [3.05, 3.63) is 86.5 Å². The molecule has 0 atom stereocenters. The van der Waals surface area contributed by atoms with Crippen molar-refractivity contribution in [1.29, 1.82) is 0 Å². The molecule has 13 heteroatoms. The van der Waals surface area contributed by atoms with Crippen LogP contribution in [0.25, 0.3) is 0 Å². The Balaban J connectivity index is 1.66. The van der Waals surface area contributed by atoms with Gasteiger partial charge in [-0.1, -0.05) is 23.7 Å². The molecule has 0 saturated carbocycles. The largest absolute Gasteiger partial charge is 0.417 e. The summed E-state index contributed by atoms with van der Waals surface area (Å²) in [5, 5.41) is 2.23. The van der Waals surface area contributed by atoms with Crippen molar-refractivity contribution in [2.45, 2.75) is 29.8 Å². The van der Waals surface area contributed by atoms with Crippen molar-refractivity contribution in [3.63, 3.8) is 0 Å². The number of nitrogens with one attached hydrogen (secondary N) is 1. The van der Waals surface area contributed by atoms with Crippen LogP contribution in [0.3, 0.4) is 0 Å². The van der Waals surface area contributed by atoms with Gasteiger partial charge in [0.05, 0.1) is 21.7 Å². The number of carbonyl (C=O) groups is 1. The van der Waals surface area contributed by atoms with Crippen molar-refractivity contribution in [2.75, 3.05) is 24.7 Å². The van der Waals surface area contributed by atoms with Crippen molar-refractivity contribution < 1.29 is 30.8 Å². The molecule has 1 aliphatic rings. The Morgan fingerprint density at radius 3 is 2.26 bits per heavy atom. The number of halogens is 5. The van der Waals surface area contributed by atoms with E-state index >= 15 is 0 Å². The number of sulfone groups is 1. The first-order chi connectivity index (χ1) is 18.2. The highest BCUT2D eigenvalue weighted by molar-refractivity contribution is 7.90. The number of aryl methyl sites for hydroxylation is 1. The Kier molecular flexibility index (Phi) is 7.82. The molecule has 39 heavy (non-hydrogen) atoms. The zero-order valence-electron chi connectivity index (χ0n) is 20.9. The van der Waals surface area contributed by atoms with Crippen LogP contribution in [-0.2, 0) is 23.1 Å². The molecule has 208 valence electrons. The second kappa shape index (κ2) is 10.6. The minimum absolute atomic E-state index is 0.0388. The summed E-state index contributed by atoms with van der Waals surface area (Å²) in [5.41, 5.74) is -1.57. The zero-order valence-corrected chi connectivity index (χ0v) is 22.4. The average Bonchev–Trinajstić information content (AvgIpc) is 2.88. The van der Waals surface area contributed by atoms with Crippen LogP contribution in [0.4, 0.5) is 28.9 Å². The molecule has 3 aromatic rings. The fraction of sp³-hybridized carbons (Fsp3) is 0.308. The summed E-state index contributed by atoms with van der Waals surface area (Å²) in [6.07, 6.45) is -1.87. The van der Waals surface area contributed by atoms with E-state index in [1.54, 1.807) is 17.0 Å². The molecular formula is C26H24ClF4N3O4S. The minimum Gasteiger partial charge on any atom is -0.353 e. The van der Waals surface area contributed by atoms with E-state index in [1.165, 1.54) is 25.4 Å². The lowest BCUT2D eigenvalue weighted by Crippen LogP contribution is -2.39. The molecule has 1 amide bonds. The monoisotopic (exact) mass is 585 g/mol. The van der Waals surface area contributed by atoms with Gasteiger partial charge in [0.1, 0.15) is 10.8 Å². The van der Waals surface area contributed by atoms with Gasteiger partial charge in [-0.05, 0) is 54.7 Å². The van der Waals surface area contributed by atoms with Crippen LogP contribution < -0.4 is 10.9 Å². The number of hydrogen-bond donors (Lipinski definition) is 1. The van der Waals surface area contributed by atoms with E-state index in [2.05, 4.69) is 5.32 Å². The van der Waals surface area contributed by atoms with Crippen molar-refractivity contribution in [3.8, 4) is 0 Å². The van der Waals surface area contributed by atoms with Crippen LogP contribution in [0.2, 0.25) is 5.02 Å². The summed E-state index contributed by atoms with van der Waals surface area (Å²) in [4.78, 5) is 26.7. The number of hydrogen-bond acceptors (Lipinski definition) is 5. The third-order valence-electron chi connectivity index (χ3n) is 6.63. The van der Waals surface area contributed by atoms with Crippen LogP contribution in [0, 0.1) is 5.82 Å². The van der Waals surface area contributed by atoms with Gasteiger partial charge in [0.2, 0.25) is 0 Å². The first kappa shape index (κ1) is 28.6. The van der Waals surface area contributed by atoms with Crippen molar-refractivity contribution >= 4 is 38.7 Å². The van der Waals surface area contributed by atoms with Crippen LogP contribution >= 0.6 is 11.6 Å². The number of amides is 1. The third-order valence-corrected chi connectivity index (χ3v) is 8.13. The summed E-state index contributed by atoms with van der Waals surface area (Å²) in [5.74, 6) is -0.715. The molecule has 1 aliphatic heterocycles. The van der Waals surface area contributed by atoms with E-state index in [4.69, 9.17) is 11.6 Å². The van der Waals surface area contributed by atoms with Crippen molar-refractivity contribution in [2.24, 2.45) is 7.05 Å². The Morgan fingerprint density at radius 1 is 1.08 bits per heavy atom. The quantitative estimate of drug-likeness (QED) is 0.407. The Morgan fingerprint density at radius 2 is 1.69 bits per heavy atom. The number of carbonyl (C=O) groups excluding carboxylic acids is 1. The SMILES string of the molecule is Cn1cc(C(=O)N2CCC(c3ccc(F)cc3)CC2)c(Nc2ccc(S(C)(=O)=O)c(C(F)(F)F)c2)c(Cl)c1=O. The number of rotatable bonds is 5. The number of alkyl halides is 3. The molecule has 2 aromatic carbocycles. The molecule has 7 nitrogen and oxygen atoms in total. The second-order valence-corrected chi connectivity index (χ2v) is 11.7. The van der Waals surface area contributed by atoms with E-state index < -0.39 is 43.0 Å². The summed E-state index contributed by atoms with van der Waals surface area (Å²) in [7, 11) is -2.81. The van der Waals surface area contributed by atoms with Crippen LogP contribution in [0.1, 0.15) is 40.2 Å². The van der Waals surface area contributed by atoms with Gasteiger partial charge in [-0.3, -0.25) is 9.59 Å². The maximum absolute atomic E-state index is 13.7. The molecule has 4 rings (SSSR count). The Hall–Kier alpha value is -3.38. The number of aromatic nitrogens is 1. The molecular weight excluding hydrogens is 562 g/mol. The lowest BCUT2D eigenvalue weighted by Gasteiger charge is -2.33. The van der Waals surface area contributed by atoms with Gasteiger partial charge in [0.25, 0.3) is 11.5 Å². The van der Waals surface area contributed by atoms with Gasteiger partial charge >= 0.3 is 6.18 Å². The standard InChI is InChI=1S/C26H24ClF4N3O4S/c1-33-14-19(24(35)34-11-9-16(10-12-34)15-3-5-17(28)6-4-15)23(22(27)25(33)36)32-18-7-8-21(39(2,37)38)20(13-18)26(29,30)31/h3-8,13-14,16,32H,9-12H2,1-2H3. The highest BCUT2D eigenvalue weighted by Crippen LogP contribution is 2.38. The summed E-state index contributed by atoms with van der Waals surface area (Å²) >= 11 is 6.27. The molecule has 0 bridgehead atoms. The number of pyridine rings is 1. The fourth-order valence-corrected chi connectivity index (χ4v) is 5.77. The lowest BCUT2D eigenvalue weighted by atomic mass is 9.89. The summed E-state index contributed by atoms with van der Waals surface area (Å²) in [6, 6.07) is 8.66. The first-order valence-electron chi connectivity index (χ1n) is 11.8. The molecule has 0 aliphatic carbocycles. The molecule has 1 aromatic heterocycles. The van der Waals surface area contributed by atoms with Crippen LogP contribution in [-0.4, -0.2) is 43.1 Å². The van der Waals surface area contributed by atoms with E-state index in [1.807, 2.05) is 0 Å². The molecule has 2 heterocycles. The van der Waals surface area contributed by atoms with Gasteiger partial charge in [-0.2, -0.15) is 13.2 Å². The molecule has 1 saturated heterocycles. The van der Waals surface area contributed by atoms with E-state index in [9.17, 15) is 35.6 Å². The highest BCUT2D eigenvalue weighted by Gasteiger charge is 2.36. The first-order valence-corrected chi connectivity index (χ1v) is 14.1. The van der Waals surface area contributed by atoms with Crippen LogP contribution in [0.5, 0.6) is 0 Å². The maximum Gasteiger partial charge on any atom is 0.417 e. The molecule has 1 N–H and O–H groups in total. The molecule has 1 fully saturated rings. The van der Waals surface area contributed by atoms with Gasteiger partial charge in [0.15, 0.2) is 9.84 Å². The smallest absolute Gasteiger partial charge is 0.353 e. The number of benzene rings is 2. The minimum atomic E-state index is -4.99. The average molecular weight is 586 g/mol.